The Labute approximate surface area is 163 Å². The molecule has 0 unspecified atom stereocenters. The van der Waals surface area contributed by atoms with Crippen molar-refractivity contribution in [2.24, 2.45) is 11.3 Å². The first-order valence-electron chi connectivity index (χ1n) is 10.0. The number of carbonyl (C=O) groups excluding carboxylic acids is 1. The molecule has 2 aliphatic carbocycles. The first-order valence-corrected chi connectivity index (χ1v) is 10.0. The summed E-state index contributed by atoms with van der Waals surface area (Å²) in [6.45, 7) is 6.34. The van der Waals surface area contributed by atoms with Crippen LogP contribution in [0.3, 0.4) is 0 Å². The van der Waals surface area contributed by atoms with E-state index >= 15 is 0 Å². The number of hydrogen-bond acceptors (Lipinski definition) is 5. The molecule has 0 saturated heterocycles. The van der Waals surface area contributed by atoms with Gasteiger partial charge in [0.1, 0.15) is 0 Å². The summed E-state index contributed by atoms with van der Waals surface area (Å²) in [5.41, 5.74) is 2.59. The van der Waals surface area contributed by atoms with Crippen LogP contribution in [0.1, 0.15) is 80.5 Å². The molecule has 2 aliphatic rings. The topological polar surface area (TPSA) is 105 Å². The van der Waals surface area contributed by atoms with Crippen molar-refractivity contribution in [3.05, 3.63) is 23.0 Å². The molecule has 0 spiro atoms. The number of carboxylic acid groups (broad SMARTS) is 1. The number of carboxylic acids is 1. The van der Waals surface area contributed by atoms with Gasteiger partial charge in [0.2, 0.25) is 0 Å². The summed E-state index contributed by atoms with van der Waals surface area (Å²) >= 11 is 0. The van der Waals surface area contributed by atoms with Crippen LogP contribution in [0.25, 0.3) is 11.1 Å². The number of carbonyl (C=O) groups is 2. The zero-order valence-electron chi connectivity index (χ0n) is 16.6. The number of nitrogens with one attached hydrogen (secondary N) is 1. The van der Waals surface area contributed by atoms with Crippen LogP contribution >= 0.6 is 0 Å². The molecule has 4 rings (SSSR count). The Balaban J connectivity index is 1.66. The zero-order valence-corrected chi connectivity index (χ0v) is 16.6. The molecule has 0 aliphatic heterocycles. The highest BCUT2D eigenvalue weighted by Crippen LogP contribution is 2.41. The fraction of sp³-hybridized carbons (Fsp3) is 0.619. The zero-order chi connectivity index (χ0) is 20.1. The van der Waals surface area contributed by atoms with Crippen molar-refractivity contribution in [1.29, 1.82) is 0 Å². The van der Waals surface area contributed by atoms with Crippen molar-refractivity contribution < 1.29 is 19.2 Å². The van der Waals surface area contributed by atoms with E-state index in [1.54, 1.807) is 0 Å². The fourth-order valence-electron chi connectivity index (χ4n) is 4.02. The lowest BCUT2D eigenvalue weighted by Crippen LogP contribution is -2.33. The highest BCUT2D eigenvalue weighted by Gasteiger charge is 2.33. The van der Waals surface area contributed by atoms with Gasteiger partial charge < -0.3 is 14.9 Å². The monoisotopic (exact) mass is 385 g/mol. The second kappa shape index (κ2) is 6.87. The van der Waals surface area contributed by atoms with Crippen LogP contribution in [0, 0.1) is 11.3 Å². The standard InChI is InChI=1S/C21H27N3O4/c1-21(2,3)10-16-17-14(9-15(11-4-5-11)23-19(17)28-24-16)18(25)22-13-7-6-12(8-13)20(26)27/h9,11-13H,4-8,10H2,1-3H3,(H,22,25)(H,26,27)/t12-,13+/m0/s1. The highest BCUT2D eigenvalue weighted by molar-refractivity contribution is 6.06. The first kappa shape index (κ1) is 18.9. The summed E-state index contributed by atoms with van der Waals surface area (Å²) in [5.74, 6) is -0.971. The predicted molar refractivity (Wildman–Crippen MR) is 103 cm³/mol. The molecule has 2 saturated carbocycles. The van der Waals surface area contributed by atoms with Crippen molar-refractivity contribution in [2.75, 3.05) is 0 Å². The summed E-state index contributed by atoms with van der Waals surface area (Å²) in [7, 11) is 0. The maximum absolute atomic E-state index is 13.1. The third-order valence-electron chi connectivity index (χ3n) is 5.59. The van der Waals surface area contributed by atoms with E-state index in [9.17, 15) is 14.7 Å². The van der Waals surface area contributed by atoms with Gasteiger partial charge in [-0.05, 0) is 50.0 Å². The van der Waals surface area contributed by atoms with Crippen molar-refractivity contribution in [1.82, 2.24) is 15.5 Å². The minimum atomic E-state index is -0.787. The van der Waals surface area contributed by atoms with Crippen LogP contribution in [0.15, 0.2) is 10.6 Å². The summed E-state index contributed by atoms with van der Waals surface area (Å²) in [4.78, 5) is 29.0. The molecule has 150 valence electrons. The summed E-state index contributed by atoms with van der Waals surface area (Å²) in [6.07, 6.45) is 4.59. The van der Waals surface area contributed by atoms with Gasteiger partial charge >= 0.3 is 5.97 Å². The van der Waals surface area contributed by atoms with E-state index in [2.05, 4.69) is 36.2 Å². The lowest BCUT2D eigenvalue weighted by atomic mass is 9.89. The molecule has 7 nitrogen and oxygen atoms in total. The molecule has 2 atom stereocenters. The predicted octanol–water partition coefficient (Wildman–Crippen LogP) is 3.67. The number of aromatic nitrogens is 2. The van der Waals surface area contributed by atoms with E-state index in [0.29, 0.717) is 48.3 Å². The SMILES string of the molecule is CC(C)(C)Cc1noc2nc(C3CC3)cc(C(=O)N[C@@H]3CC[C@H](C(=O)O)C3)c12. The average Bonchev–Trinajstić information content (AvgIpc) is 3.23. The number of fused-ring (bicyclic) bond motifs is 1. The van der Waals surface area contributed by atoms with Gasteiger partial charge in [-0.2, -0.15) is 0 Å². The van der Waals surface area contributed by atoms with Crippen molar-refractivity contribution in [3.63, 3.8) is 0 Å². The van der Waals surface area contributed by atoms with Crippen LogP contribution in [-0.4, -0.2) is 33.2 Å². The smallest absolute Gasteiger partial charge is 0.306 e. The molecule has 2 heterocycles. The molecule has 0 bridgehead atoms. The molecule has 0 radical (unpaired) electrons. The lowest BCUT2D eigenvalue weighted by Gasteiger charge is -2.17. The van der Waals surface area contributed by atoms with Crippen molar-refractivity contribution in [2.45, 2.75) is 71.3 Å². The third-order valence-corrected chi connectivity index (χ3v) is 5.59. The minimum Gasteiger partial charge on any atom is -0.481 e. The Morgan fingerprint density at radius 1 is 1.25 bits per heavy atom. The Morgan fingerprint density at radius 3 is 2.61 bits per heavy atom. The van der Waals surface area contributed by atoms with E-state index < -0.39 is 5.97 Å². The number of nitrogens with zero attached hydrogens (tertiary/aromatic N) is 2. The normalized spacial score (nSPS) is 22.5. The van der Waals surface area contributed by atoms with Gasteiger partial charge in [0, 0.05) is 17.7 Å². The minimum absolute atomic E-state index is 0.00707. The largest absolute Gasteiger partial charge is 0.481 e. The van der Waals surface area contributed by atoms with Gasteiger partial charge in [-0.1, -0.05) is 25.9 Å². The first-order chi connectivity index (χ1) is 13.2. The van der Waals surface area contributed by atoms with E-state index in [-0.39, 0.29) is 23.3 Å². The molecule has 28 heavy (non-hydrogen) atoms. The molecule has 0 aromatic carbocycles. The second-order valence-corrected chi connectivity index (χ2v) is 9.43. The molecule has 2 aromatic heterocycles. The Kier molecular flexibility index (Phi) is 4.63. The highest BCUT2D eigenvalue weighted by atomic mass is 16.5. The van der Waals surface area contributed by atoms with E-state index in [1.807, 2.05) is 6.07 Å². The molecular weight excluding hydrogens is 358 g/mol. The molecular formula is C21H27N3O4. The Hall–Kier alpha value is -2.44. The van der Waals surface area contributed by atoms with Crippen molar-refractivity contribution in [3.8, 4) is 0 Å². The molecule has 2 N–H and O–H groups in total. The lowest BCUT2D eigenvalue weighted by molar-refractivity contribution is -0.141. The van der Waals surface area contributed by atoms with Crippen molar-refractivity contribution >= 4 is 23.0 Å². The third kappa shape index (κ3) is 3.88. The molecule has 1 amide bonds. The van der Waals surface area contributed by atoms with E-state index in [1.165, 1.54) is 0 Å². The number of amides is 1. The summed E-state index contributed by atoms with van der Waals surface area (Å²) < 4.78 is 5.50. The second-order valence-electron chi connectivity index (χ2n) is 9.43. The maximum Gasteiger partial charge on any atom is 0.306 e. The summed E-state index contributed by atoms with van der Waals surface area (Å²) in [5, 5.41) is 17.1. The number of hydrogen-bond donors (Lipinski definition) is 2. The Bertz CT molecular complexity index is 924. The maximum atomic E-state index is 13.1. The van der Waals surface area contributed by atoms with Gasteiger partial charge in [0.05, 0.1) is 22.6 Å². The fourth-order valence-corrected chi connectivity index (χ4v) is 4.02. The quantitative estimate of drug-likeness (QED) is 0.813. The number of pyridine rings is 1. The van der Waals surface area contributed by atoms with Crippen LogP contribution in [0.4, 0.5) is 0 Å². The molecule has 2 fully saturated rings. The van der Waals surface area contributed by atoms with E-state index in [0.717, 1.165) is 24.2 Å². The summed E-state index contributed by atoms with van der Waals surface area (Å²) in [6, 6.07) is 1.76. The van der Waals surface area contributed by atoms with Gasteiger partial charge in [0.25, 0.3) is 11.6 Å². The number of rotatable bonds is 5. The average molecular weight is 385 g/mol. The van der Waals surface area contributed by atoms with Gasteiger partial charge in [0.15, 0.2) is 0 Å². The Morgan fingerprint density at radius 2 is 2.00 bits per heavy atom. The number of aliphatic carboxylic acids is 1. The molecule has 2 aromatic rings. The molecule has 7 heteroatoms. The van der Waals surface area contributed by atoms with Gasteiger partial charge in [-0.15, -0.1) is 0 Å². The van der Waals surface area contributed by atoms with Crippen LogP contribution < -0.4 is 5.32 Å². The van der Waals surface area contributed by atoms with Crippen LogP contribution in [-0.2, 0) is 11.2 Å². The van der Waals surface area contributed by atoms with Crippen LogP contribution in [0.2, 0.25) is 0 Å². The van der Waals surface area contributed by atoms with Gasteiger partial charge in [-0.3, -0.25) is 9.59 Å². The van der Waals surface area contributed by atoms with Crippen LogP contribution in [0.5, 0.6) is 0 Å². The van der Waals surface area contributed by atoms with E-state index in [4.69, 9.17) is 4.52 Å². The van der Waals surface area contributed by atoms with Gasteiger partial charge in [-0.25, -0.2) is 4.98 Å².